The first-order valence-electron chi connectivity index (χ1n) is 6.58. The van der Waals surface area contributed by atoms with Gasteiger partial charge >= 0.3 is 0 Å². The minimum Gasteiger partial charge on any atom is -0.390 e. The maximum absolute atomic E-state index is 9.76. The number of rotatable bonds is 3. The Hall–Kier alpha value is -0.800. The number of β-amino-alcohol motifs (C(OH)–C–C–N with tert-alkyl or cyclic N) is 1. The van der Waals surface area contributed by atoms with Crippen LogP contribution in [0.4, 0.5) is 5.69 Å². The van der Waals surface area contributed by atoms with Crippen molar-refractivity contribution in [2.75, 3.05) is 23.9 Å². The highest BCUT2D eigenvalue weighted by Gasteiger charge is 2.19. The Labute approximate surface area is 114 Å². The molecule has 0 amide bonds. The predicted octanol–water partition coefficient (Wildman–Crippen LogP) is 2.44. The molecule has 1 aromatic heterocycles. The van der Waals surface area contributed by atoms with E-state index in [0.717, 1.165) is 37.2 Å². The number of aliphatic hydroxyl groups is 1. The number of fused-ring (bicyclic) bond motifs is 1. The third-order valence-electron chi connectivity index (χ3n) is 3.56. The Bertz CT molecular complexity index is 423. The highest BCUT2D eigenvalue weighted by molar-refractivity contribution is 6.18. The molecule has 1 atom stereocenters. The van der Waals surface area contributed by atoms with Crippen molar-refractivity contribution in [2.24, 2.45) is 0 Å². The molecule has 1 aliphatic rings. The number of hydrogen-bond donors (Lipinski definition) is 1. The summed E-state index contributed by atoms with van der Waals surface area (Å²) in [6.07, 6.45) is 2.86. The number of anilines is 1. The second-order valence-corrected chi connectivity index (χ2v) is 5.38. The number of aryl methyl sites for hydroxylation is 3. The highest BCUT2D eigenvalue weighted by atomic mass is 35.5. The van der Waals surface area contributed by atoms with Crippen LogP contribution in [0.15, 0.2) is 6.07 Å². The van der Waals surface area contributed by atoms with Crippen molar-refractivity contribution in [3.63, 3.8) is 0 Å². The molecule has 0 bridgehead atoms. The van der Waals surface area contributed by atoms with Gasteiger partial charge in [-0.2, -0.15) is 0 Å². The van der Waals surface area contributed by atoms with Gasteiger partial charge in [-0.1, -0.05) is 0 Å². The van der Waals surface area contributed by atoms with E-state index in [1.165, 1.54) is 11.3 Å². The zero-order valence-corrected chi connectivity index (χ0v) is 11.9. The van der Waals surface area contributed by atoms with Crippen LogP contribution < -0.4 is 4.90 Å². The van der Waals surface area contributed by atoms with E-state index in [-0.39, 0.29) is 5.88 Å². The van der Waals surface area contributed by atoms with Crippen molar-refractivity contribution in [1.82, 2.24) is 4.98 Å². The summed E-state index contributed by atoms with van der Waals surface area (Å²) in [4.78, 5) is 6.93. The van der Waals surface area contributed by atoms with Crippen molar-refractivity contribution in [2.45, 2.75) is 39.2 Å². The Balaban J connectivity index is 2.31. The summed E-state index contributed by atoms with van der Waals surface area (Å²) in [6, 6.07) is 2.20. The van der Waals surface area contributed by atoms with Crippen LogP contribution in [0.3, 0.4) is 0 Å². The Morgan fingerprint density at radius 2 is 2.22 bits per heavy atom. The van der Waals surface area contributed by atoms with E-state index in [9.17, 15) is 5.11 Å². The first-order valence-corrected chi connectivity index (χ1v) is 7.11. The standard InChI is InChI=1S/C14H21ClN2O/c1-10-7-14-13(16-11(10)2)5-3-4-6-17(14)9-12(18)8-15/h7,12,18H,3-6,8-9H2,1-2H3/t12-/m1/s1. The molecule has 0 spiro atoms. The van der Waals surface area contributed by atoms with E-state index >= 15 is 0 Å². The summed E-state index contributed by atoms with van der Waals surface area (Å²) in [5.74, 6) is 0.282. The number of halogens is 1. The van der Waals surface area contributed by atoms with Crippen molar-refractivity contribution < 1.29 is 5.11 Å². The van der Waals surface area contributed by atoms with Gasteiger partial charge in [-0.3, -0.25) is 4.98 Å². The predicted molar refractivity (Wildman–Crippen MR) is 75.6 cm³/mol. The molecule has 0 fully saturated rings. The maximum atomic E-state index is 9.76. The van der Waals surface area contributed by atoms with Crippen molar-refractivity contribution in [3.8, 4) is 0 Å². The second-order valence-electron chi connectivity index (χ2n) is 5.07. The maximum Gasteiger partial charge on any atom is 0.0850 e. The lowest BCUT2D eigenvalue weighted by atomic mass is 10.1. The molecule has 0 saturated heterocycles. The first-order chi connectivity index (χ1) is 8.61. The Morgan fingerprint density at radius 3 is 2.94 bits per heavy atom. The number of pyridine rings is 1. The van der Waals surface area contributed by atoms with Crippen LogP contribution in [-0.4, -0.2) is 35.2 Å². The first kappa shape index (κ1) is 13.6. The van der Waals surface area contributed by atoms with Crippen LogP contribution in [0.5, 0.6) is 0 Å². The fraction of sp³-hybridized carbons (Fsp3) is 0.643. The summed E-state index contributed by atoms with van der Waals surface area (Å²) >= 11 is 5.70. The SMILES string of the molecule is Cc1cc2c(nc1C)CCCCN2C[C@H](O)CCl. The molecule has 2 rings (SSSR count). The summed E-state index contributed by atoms with van der Waals surface area (Å²) in [5.41, 5.74) is 4.66. The van der Waals surface area contributed by atoms with Crippen molar-refractivity contribution in [3.05, 3.63) is 23.0 Å². The second kappa shape index (κ2) is 5.89. The van der Waals surface area contributed by atoms with Gasteiger partial charge in [0.1, 0.15) is 0 Å². The summed E-state index contributed by atoms with van der Waals surface area (Å²) in [5, 5.41) is 9.76. The van der Waals surface area contributed by atoms with Gasteiger partial charge in [-0.25, -0.2) is 0 Å². The van der Waals surface area contributed by atoms with E-state index < -0.39 is 6.10 Å². The van der Waals surface area contributed by atoms with Crippen LogP contribution in [0.2, 0.25) is 0 Å². The number of alkyl halides is 1. The lowest BCUT2D eigenvalue weighted by molar-refractivity contribution is 0.203. The van der Waals surface area contributed by atoms with Gasteiger partial charge in [0, 0.05) is 18.8 Å². The van der Waals surface area contributed by atoms with Crippen molar-refractivity contribution >= 4 is 17.3 Å². The van der Waals surface area contributed by atoms with Crippen LogP contribution in [0, 0.1) is 13.8 Å². The third-order valence-corrected chi connectivity index (χ3v) is 3.92. The molecule has 3 nitrogen and oxygen atoms in total. The van der Waals surface area contributed by atoms with Crippen LogP contribution in [0.25, 0.3) is 0 Å². The lowest BCUT2D eigenvalue weighted by Gasteiger charge is -2.27. The molecule has 2 heterocycles. The van der Waals surface area contributed by atoms with Gasteiger partial charge in [0.2, 0.25) is 0 Å². The normalized spacial score (nSPS) is 17.2. The zero-order valence-electron chi connectivity index (χ0n) is 11.1. The highest BCUT2D eigenvalue weighted by Crippen LogP contribution is 2.27. The van der Waals surface area contributed by atoms with Crippen molar-refractivity contribution in [1.29, 1.82) is 0 Å². The molecule has 0 unspecified atom stereocenters. The Kier molecular flexibility index (Phi) is 4.46. The minimum absolute atomic E-state index is 0.282. The molecule has 0 aliphatic carbocycles. The number of hydrogen-bond acceptors (Lipinski definition) is 3. The molecule has 4 heteroatoms. The van der Waals surface area contributed by atoms with E-state index in [2.05, 4.69) is 24.8 Å². The summed E-state index contributed by atoms with van der Waals surface area (Å²) in [7, 11) is 0. The molecule has 1 aliphatic heterocycles. The van der Waals surface area contributed by atoms with Gasteiger partial charge < -0.3 is 10.0 Å². The largest absolute Gasteiger partial charge is 0.390 e. The molecule has 0 radical (unpaired) electrons. The fourth-order valence-corrected chi connectivity index (χ4v) is 2.50. The van der Waals surface area contributed by atoms with E-state index in [1.54, 1.807) is 0 Å². The zero-order chi connectivity index (χ0) is 13.1. The number of nitrogens with zero attached hydrogens (tertiary/aromatic N) is 2. The third kappa shape index (κ3) is 2.96. The van der Waals surface area contributed by atoms with E-state index in [4.69, 9.17) is 16.6 Å². The topological polar surface area (TPSA) is 36.4 Å². The summed E-state index contributed by atoms with van der Waals surface area (Å²) in [6.45, 7) is 5.72. The average Bonchev–Trinajstić information content (AvgIpc) is 2.53. The van der Waals surface area contributed by atoms with E-state index in [0.29, 0.717) is 6.54 Å². The molecule has 1 aromatic rings. The van der Waals surface area contributed by atoms with Gasteiger partial charge in [-0.15, -0.1) is 11.6 Å². The monoisotopic (exact) mass is 268 g/mol. The molecule has 0 aromatic carbocycles. The summed E-state index contributed by atoms with van der Waals surface area (Å²) < 4.78 is 0. The van der Waals surface area contributed by atoms with Gasteiger partial charge in [0.25, 0.3) is 0 Å². The van der Waals surface area contributed by atoms with Crippen LogP contribution in [0.1, 0.15) is 29.8 Å². The lowest BCUT2D eigenvalue weighted by Crippen LogP contribution is -2.34. The molecule has 1 N–H and O–H groups in total. The van der Waals surface area contributed by atoms with Gasteiger partial charge in [0.05, 0.1) is 23.4 Å². The van der Waals surface area contributed by atoms with Crippen LogP contribution in [-0.2, 0) is 6.42 Å². The number of aromatic nitrogens is 1. The smallest absolute Gasteiger partial charge is 0.0850 e. The number of aliphatic hydroxyl groups excluding tert-OH is 1. The Morgan fingerprint density at radius 1 is 1.44 bits per heavy atom. The fourth-order valence-electron chi connectivity index (χ4n) is 2.41. The molecular formula is C14H21ClN2O. The molecular weight excluding hydrogens is 248 g/mol. The molecule has 100 valence electrons. The average molecular weight is 269 g/mol. The van der Waals surface area contributed by atoms with Gasteiger partial charge in [-0.05, 0) is 44.7 Å². The molecule has 18 heavy (non-hydrogen) atoms. The quantitative estimate of drug-likeness (QED) is 0.856. The molecule has 0 saturated carbocycles. The van der Waals surface area contributed by atoms with Crippen LogP contribution >= 0.6 is 11.6 Å². The van der Waals surface area contributed by atoms with E-state index in [1.807, 2.05) is 0 Å². The minimum atomic E-state index is -0.473. The van der Waals surface area contributed by atoms with Gasteiger partial charge in [0.15, 0.2) is 0 Å².